The van der Waals surface area contributed by atoms with Gasteiger partial charge in [0, 0.05) is 21.8 Å². The van der Waals surface area contributed by atoms with Gasteiger partial charge in [0.2, 0.25) is 0 Å². The summed E-state index contributed by atoms with van der Waals surface area (Å²) in [4.78, 5) is 24.7. The van der Waals surface area contributed by atoms with Gasteiger partial charge in [-0.15, -0.1) is 0 Å². The summed E-state index contributed by atoms with van der Waals surface area (Å²) in [6.45, 7) is 1.82. The highest BCUT2D eigenvalue weighted by Crippen LogP contribution is 2.40. The Kier molecular flexibility index (Phi) is 3.51. The normalized spacial score (nSPS) is 19.7. The highest BCUT2D eigenvalue weighted by molar-refractivity contribution is 6.31. The van der Waals surface area contributed by atoms with Crippen LogP contribution < -0.4 is 5.32 Å². The van der Waals surface area contributed by atoms with E-state index in [0.29, 0.717) is 21.8 Å². The number of nitrogens with one attached hydrogen (secondary N) is 1. The second-order valence-corrected chi connectivity index (χ2v) is 5.86. The second kappa shape index (κ2) is 5.23. The minimum absolute atomic E-state index is 0.288. The zero-order valence-electron chi connectivity index (χ0n) is 11.9. The maximum atomic E-state index is 12.5. The van der Waals surface area contributed by atoms with Crippen LogP contribution >= 0.6 is 11.6 Å². The van der Waals surface area contributed by atoms with Crippen molar-refractivity contribution in [3.05, 3.63) is 64.2 Å². The van der Waals surface area contributed by atoms with Crippen molar-refractivity contribution in [2.75, 3.05) is 5.32 Å². The number of benzene rings is 2. The predicted octanol–water partition coefficient (Wildman–Crippen LogP) is 3.06. The zero-order valence-corrected chi connectivity index (χ0v) is 12.6. The molecule has 0 fully saturated rings. The Balaban J connectivity index is 1.98. The van der Waals surface area contributed by atoms with E-state index in [1.807, 2.05) is 19.1 Å². The average molecular weight is 316 g/mol. The molecule has 0 aliphatic carbocycles. The molecule has 22 heavy (non-hydrogen) atoms. The maximum Gasteiger partial charge on any atom is 0.261 e. The summed E-state index contributed by atoms with van der Waals surface area (Å²) in [6, 6.07) is 11.8. The fraction of sp³-hybridized carbons (Fsp3) is 0.176. The number of rotatable bonds is 3. The van der Waals surface area contributed by atoms with Crippen molar-refractivity contribution in [3.8, 4) is 0 Å². The van der Waals surface area contributed by atoms with Crippen LogP contribution in [-0.4, -0.2) is 16.8 Å². The minimum atomic E-state index is -1.89. The summed E-state index contributed by atoms with van der Waals surface area (Å²) in [5.41, 5.74) is 0.237. The lowest BCUT2D eigenvalue weighted by Crippen LogP contribution is -2.36. The molecule has 1 atom stereocenters. The molecule has 1 unspecified atom stereocenters. The number of ketones is 1. The van der Waals surface area contributed by atoms with Crippen LogP contribution in [0.4, 0.5) is 5.69 Å². The Morgan fingerprint density at radius 1 is 1.27 bits per heavy atom. The summed E-state index contributed by atoms with van der Waals surface area (Å²) in [6.07, 6.45) is -0.322. The third-order valence-electron chi connectivity index (χ3n) is 3.91. The number of carbonyl (C=O) groups is 2. The number of aliphatic hydroxyl groups is 1. The minimum Gasteiger partial charge on any atom is -0.375 e. The molecule has 112 valence electrons. The van der Waals surface area contributed by atoms with Crippen molar-refractivity contribution in [1.82, 2.24) is 0 Å². The standard InChI is InChI=1S/C17H14ClNO3/c1-10-4-2-3-5-12(10)15(20)9-17(22)13-8-11(18)6-7-14(13)19-16(17)21/h2-8,22H,9H2,1H3,(H,19,21). The van der Waals surface area contributed by atoms with Gasteiger partial charge < -0.3 is 10.4 Å². The number of amides is 1. The fourth-order valence-corrected chi connectivity index (χ4v) is 2.88. The van der Waals surface area contributed by atoms with E-state index in [2.05, 4.69) is 5.32 Å². The summed E-state index contributed by atoms with van der Waals surface area (Å²) in [5.74, 6) is -0.893. The predicted molar refractivity (Wildman–Crippen MR) is 84.1 cm³/mol. The summed E-state index contributed by atoms with van der Waals surface area (Å²) in [5, 5.41) is 13.8. The van der Waals surface area contributed by atoms with Crippen molar-refractivity contribution in [2.24, 2.45) is 0 Å². The number of anilines is 1. The first-order valence-electron chi connectivity index (χ1n) is 6.84. The lowest BCUT2D eigenvalue weighted by Gasteiger charge is -2.20. The van der Waals surface area contributed by atoms with Gasteiger partial charge in [-0.1, -0.05) is 35.9 Å². The number of fused-ring (bicyclic) bond motifs is 1. The highest BCUT2D eigenvalue weighted by Gasteiger charge is 2.47. The highest BCUT2D eigenvalue weighted by atomic mass is 35.5. The molecule has 1 amide bonds. The molecule has 5 heteroatoms. The van der Waals surface area contributed by atoms with Crippen molar-refractivity contribution < 1.29 is 14.7 Å². The van der Waals surface area contributed by atoms with Crippen molar-refractivity contribution in [1.29, 1.82) is 0 Å². The number of hydrogen-bond acceptors (Lipinski definition) is 3. The Morgan fingerprint density at radius 3 is 2.73 bits per heavy atom. The molecule has 4 nitrogen and oxygen atoms in total. The molecule has 0 saturated heterocycles. The molecule has 3 rings (SSSR count). The van der Waals surface area contributed by atoms with Crippen LogP contribution in [0, 0.1) is 6.92 Å². The van der Waals surface area contributed by atoms with Crippen LogP contribution in [-0.2, 0) is 10.4 Å². The monoisotopic (exact) mass is 315 g/mol. The number of aryl methyl sites for hydroxylation is 1. The van der Waals surface area contributed by atoms with Gasteiger partial charge in [0.1, 0.15) is 0 Å². The Labute approximate surface area is 132 Å². The Morgan fingerprint density at radius 2 is 2.00 bits per heavy atom. The molecule has 0 saturated carbocycles. The van der Waals surface area contributed by atoms with E-state index in [1.54, 1.807) is 24.3 Å². The maximum absolute atomic E-state index is 12.5. The Hall–Kier alpha value is -2.17. The Bertz CT molecular complexity index is 787. The molecular formula is C17H14ClNO3. The fourth-order valence-electron chi connectivity index (χ4n) is 2.70. The molecule has 1 aliphatic heterocycles. The molecular weight excluding hydrogens is 302 g/mol. The van der Waals surface area contributed by atoms with Crippen LogP contribution in [0.25, 0.3) is 0 Å². The third-order valence-corrected chi connectivity index (χ3v) is 4.15. The van der Waals surface area contributed by atoms with Crippen LogP contribution in [0.15, 0.2) is 42.5 Å². The molecule has 0 spiro atoms. The SMILES string of the molecule is Cc1ccccc1C(=O)CC1(O)C(=O)Nc2ccc(Cl)cc21. The molecule has 1 heterocycles. The van der Waals surface area contributed by atoms with Gasteiger partial charge in [-0.2, -0.15) is 0 Å². The van der Waals surface area contributed by atoms with E-state index in [1.165, 1.54) is 6.07 Å². The molecule has 0 radical (unpaired) electrons. The lowest BCUT2D eigenvalue weighted by atomic mass is 9.87. The van der Waals surface area contributed by atoms with E-state index < -0.39 is 11.5 Å². The van der Waals surface area contributed by atoms with Gasteiger partial charge in [-0.3, -0.25) is 9.59 Å². The average Bonchev–Trinajstić information content (AvgIpc) is 2.71. The number of hydrogen-bond donors (Lipinski definition) is 2. The van der Waals surface area contributed by atoms with E-state index in [4.69, 9.17) is 11.6 Å². The van der Waals surface area contributed by atoms with Crippen LogP contribution in [0.1, 0.15) is 27.9 Å². The van der Waals surface area contributed by atoms with Gasteiger partial charge in [-0.25, -0.2) is 0 Å². The summed E-state index contributed by atoms with van der Waals surface area (Å²) >= 11 is 5.94. The van der Waals surface area contributed by atoms with Gasteiger partial charge >= 0.3 is 0 Å². The smallest absolute Gasteiger partial charge is 0.261 e. The van der Waals surface area contributed by atoms with Crippen molar-refractivity contribution in [3.63, 3.8) is 0 Å². The topological polar surface area (TPSA) is 66.4 Å². The molecule has 1 aliphatic rings. The molecule has 0 aromatic heterocycles. The van der Waals surface area contributed by atoms with Gasteiger partial charge in [-0.05, 0) is 30.7 Å². The zero-order chi connectivity index (χ0) is 15.9. The number of carbonyl (C=O) groups excluding carboxylic acids is 2. The van der Waals surface area contributed by atoms with E-state index in [9.17, 15) is 14.7 Å². The molecule has 2 aromatic carbocycles. The third kappa shape index (κ3) is 2.30. The summed E-state index contributed by atoms with van der Waals surface area (Å²) in [7, 11) is 0. The largest absolute Gasteiger partial charge is 0.375 e. The number of halogens is 1. The quantitative estimate of drug-likeness (QED) is 0.855. The van der Waals surface area contributed by atoms with Crippen molar-refractivity contribution >= 4 is 29.0 Å². The first-order valence-corrected chi connectivity index (χ1v) is 7.22. The van der Waals surface area contributed by atoms with Crippen LogP contribution in [0.3, 0.4) is 0 Å². The first kappa shape index (κ1) is 14.8. The van der Waals surface area contributed by atoms with Gasteiger partial charge in [0.15, 0.2) is 11.4 Å². The lowest BCUT2D eigenvalue weighted by molar-refractivity contribution is -0.133. The number of Topliss-reactive ketones (excluding diaryl/α,β-unsaturated/α-hetero) is 1. The molecule has 2 N–H and O–H groups in total. The van der Waals surface area contributed by atoms with E-state index in [0.717, 1.165) is 5.56 Å². The van der Waals surface area contributed by atoms with Gasteiger partial charge in [0.25, 0.3) is 5.91 Å². The first-order chi connectivity index (χ1) is 10.4. The van der Waals surface area contributed by atoms with Gasteiger partial charge in [0.05, 0.1) is 6.42 Å². The van der Waals surface area contributed by atoms with E-state index >= 15 is 0 Å². The van der Waals surface area contributed by atoms with Crippen LogP contribution in [0.5, 0.6) is 0 Å². The van der Waals surface area contributed by atoms with E-state index in [-0.39, 0.29) is 12.2 Å². The van der Waals surface area contributed by atoms with Crippen molar-refractivity contribution in [2.45, 2.75) is 18.9 Å². The van der Waals surface area contributed by atoms with Crippen LogP contribution in [0.2, 0.25) is 5.02 Å². The second-order valence-electron chi connectivity index (χ2n) is 5.42. The molecule has 0 bridgehead atoms. The summed E-state index contributed by atoms with van der Waals surface area (Å²) < 4.78 is 0. The molecule has 2 aromatic rings.